The Hall–Kier alpha value is -1.70. The molecule has 3 aromatic rings. The number of benzene rings is 1. The Morgan fingerprint density at radius 3 is 2.71 bits per heavy atom. The van der Waals surface area contributed by atoms with Crippen LogP contribution in [0.25, 0.3) is 16.4 Å². The first kappa shape index (κ1) is 7.68. The van der Waals surface area contributed by atoms with Gasteiger partial charge in [0, 0.05) is 35.9 Å². The minimum atomic E-state index is 1.28. The highest BCUT2D eigenvalue weighted by Crippen LogP contribution is 2.23. The Bertz CT molecular complexity index is 614. The molecule has 0 bridgehead atoms. The molecule has 0 saturated carbocycles. The molecule has 14 heavy (non-hydrogen) atoms. The molecule has 70 valence electrons. The lowest BCUT2D eigenvalue weighted by Crippen LogP contribution is -1.89. The topological polar surface area (TPSA) is 9.34 Å². The number of hydrogen-bond acceptors (Lipinski definition) is 0. The molecule has 0 aliphatic carbocycles. The van der Waals surface area contributed by atoms with Gasteiger partial charge in [-0.05, 0) is 6.92 Å². The molecule has 0 radical (unpaired) electrons. The van der Waals surface area contributed by atoms with Gasteiger partial charge >= 0.3 is 0 Å². The molecule has 0 amide bonds. The van der Waals surface area contributed by atoms with Gasteiger partial charge in [-0.3, -0.25) is 0 Å². The Morgan fingerprint density at radius 2 is 1.86 bits per heavy atom. The number of fused-ring (bicyclic) bond motifs is 3. The van der Waals surface area contributed by atoms with Crippen LogP contribution in [0, 0.1) is 6.92 Å². The van der Waals surface area contributed by atoms with Gasteiger partial charge in [0.1, 0.15) is 5.65 Å². The second-order valence-electron chi connectivity index (χ2n) is 3.78. The van der Waals surface area contributed by atoms with Crippen molar-refractivity contribution >= 4 is 16.4 Å². The fourth-order valence-electron chi connectivity index (χ4n) is 2.07. The zero-order valence-electron chi connectivity index (χ0n) is 8.36. The van der Waals surface area contributed by atoms with Gasteiger partial charge in [0.25, 0.3) is 0 Å². The van der Waals surface area contributed by atoms with Crippen LogP contribution in [-0.2, 0) is 7.05 Å². The maximum atomic E-state index is 2.22. The number of nitrogens with zero attached hydrogens (tertiary/aromatic N) is 2. The van der Waals surface area contributed by atoms with Crippen LogP contribution in [0.5, 0.6) is 0 Å². The predicted molar refractivity (Wildman–Crippen MR) is 58.6 cm³/mol. The van der Waals surface area contributed by atoms with E-state index in [2.05, 4.69) is 59.6 Å². The van der Waals surface area contributed by atoms with Gasteiger partial charge in [0.05, 0.1) is 0 Å². The highest BCUT2D eigenvalue weighted by molar-refractivity contribution is 5.95. The molecule has 2 nitrogen and oxygen atoms in total. The summed E-state index contributed by atoms with van der Waals surface area (Å²) in [6.45, 7) is 2.13. The maximum absolute atomic E-state index is 2.22. The largest absolute Gasteiger partial charge is 0.333 e. The van der Waals surface area contributed by atoms with Crippen molar-refractivity contribution in [3.8, 4) is 0 Å². The molecule has 0 atom stereocenters. The van der Waals surface area contributed by atoms with Crippen LogP contribution in [0.3, 0.4) is 0 Å². The van der Waals surface area contributed by atoms with Crippen molar-refractivity contribution in [2.45, 2.75) is 6.92 Å². The second kappa shape index (κ2) is 2.41. The molecule has 3 rings (SSSR count). The molecule has 0 N–H and O–H groups in total. The van der Waals surface area contributed by atoms with Crippen molar-refractivity contribution in [2.24, 2.45) is 7.05 Å². The number of hydrogen-bond donors (Lipinski definition) is 0. The summed E-state index contributed by atoms with van der Waals surface area (Å²) in [5, 5.41) is 2.63. The number of rotatable bonds is 0. The van der Waals surface area contributed by atoms with E-state index in [1.165, 1.54) is 22.1 Å². The van der Waals surface area contributed by atoms with Gasteiger partial charge in [-0.15, -0.1) is 0 Å². The normalized spacial score (nSPS) is 11.6. The van der Waals surface area contributed by atoms with Gasteiger partial charge < -0.3 is 8.97 Å². The number of aromatic nitrogens is 2. The SMILES string of the molecule is Cc1cn2cc3ccccc3c2n1C. The van der Waals surface area contributed by atoms with Crippen LogP contribution < -0.4 is 0 Å². The van der Waals surface area contributed by atoms with Crippen LogP contribution >= 0.6 is 0 Å². The molecule has 1 aromatic carbocycles. The Morgan fingerprint density at radius 1 is 1.07 bits per heavy atom. The fourth-order valence-corrected chi connectivity index (χ4v) is 2.07. The molecule has 0 aliphatic heterocycles. The highest BCUT2D eigenvalue weighted by Gasteiger charge is 2.06. The number of imidazole rings is 1. The van der Waals surface area contributed by atoms with E-state index >= 15 is 0 Å². The third-order valence-corrected chi connectivity index (χ3v) is 2.90. The molecule has 2 heteroatoms. The minimum Gasteiger partial charge on any atom is -0.333 e. The molecular weight excluding hydrogens is 172 g/mol. The average Bonchev–Trinajstić information content (AvgIpc) is 2.65. The van der Waals surface area contributed by atoms with Gasteiger partial charge in [0.15, 0.2) is 0 Å². The van der Waals surface area contributed by atoms with Crippen molar-refractivity contribution in [3.63, 3.8) is 0 Å². The minimum absolute atomic E-state index is 1.28. The smallest absolute Gasteiger partial charge is 0.124 e. The van der Waals surface area contributed by atoms with E-state index in [1.807, 2.05) is 0 Å². The number of aryl methyl sites for hydroxylation is 2. The van der Waals surface area contributed by atoms with Gasteiger partial charge in [-0.2, -0.15) is 0 Å². The van der Waals surface area contributed by atoms with Gasteiger partial charge in [-0.25, -0.2) is 0 Å². The molecule has 0 unspecified atom stereocenters. The molecule has 2 aromatic heterocycles. The summed E-state index contributed by atoms with van der Waals surface area (Å²) in [7, 11) is 2.11. The molecule has 0 saturated heterocycles. The van der Waals surface area contributed by atoms with E-state index in [1.54, 1.807) is 0 Å². The van der Waals surface area contributed by atoms with Gasteiger partial charge in [-0.1, -0.05) is 24.3 Å². The second-order valence-corrected chi connectivity index (χ2v) is 3.78. The monoisotopic (exact) mass is 184 g/mol. The Kier molecular flexibility index (Phi) is 1.32. The quantitative estimate of drug-likeness (QED) is 0.508. The summed E-state index contributed by atoms with van der Waals surface area (Å²) in [5.74, 6) is 0. The Labute approximate surface area is 82.4 Å². The lowest BCUT2D eigenvalue weighted by atomic mass is 10.2. The third kappa shape index (κ3) is 0.803. The molecule has 0 spiro atoms. The lowest BCUT2D eigenvalue weighted by Gasteiger charge is -1.96. The summed E-state index contributed by atoms with van der Waals surface area (Å²) >= 11 is 0. The van der Waals surface area contributed by atoms with E-state index in [9.17, 15) is 0 Å². The third-order valence-electron chi connectivity index (χ3n) is 2.90. The molecule has 2 heterocycles. The molecular formula is C12H12N2. The fraction of sp³-hybridized carbons (Fsp3) is 0.167. The van der Waals surface area contributed by atoms with Crippen molar-refractivity contribution in [1.29, 1.82) is 0 Å². The summed E-state index contributed by atoms with van der Waals surface area (Å²) in [6, 6.07) is 8.49. The summed E-state index contributed by atoms with van der Waals surface area (Å²) in [4.78, 5) is 0. The summed E-state index contributed by atoms with van der Waals surface area (Å²) < 4.78 is 4.42. The standard InChI is InChI=1S/C12H12N2/c1-9-7-14-8-10-5-3-4-6-11(10)12(14)13(9)2/h3-8H,1-2H3. The van der Waals surface area contributed by atoms with Crippen LogP contribution in [0.4, 0.5) is 0 Å². The van der Waals surface area contributed by atoms with E-state index in [0.717, 1.165) is 0 Å². The van der Waals surface area contributed by atoms with E-state index in [4.69, 9.17) is 0 Å². The van der Waals surface area contributed by atoms with Crippen molar-refractivity contribution in [2.75, 3.05) is 0 Å². The van der Waals surface area contributed by atoms with Crippen LogP contribution in [-0.4, -0.2) is 8.97 Å². The summed E-state index contributed by atoms with van der Waals surface area (Å²) in [5.41, 5.74) is 2.56. The van der Waals surface area contributed by atoms with Crippen LogP contribution in [0.15, 0.2) is 36.7 Å². The lowest BCUT2D eigenvalue weighted by molar-refractivity contribution is 0.917. The van der Waals surface area contributed by atoms with E-state index in [0.29, 0.717) is 0 Å². The van der Waals surface area contributed by atoms with Gasteiger partial charge in [0.2, 0.25) is 0 Å². The van der Waals surface area contributed by atoms with E-state index < -0.39 is 0 Å². The predicted octanol–water partition coefficient (Wildman–Crippen LogP) is 2.74. The zero-order valence-corrected chi connectivity index (χ0v) is 8.36. The van der Waals surface area contributed by atoms with Crippen LogP contribution in [0.1, 0.15) is 5.69 Å². The molecule has 0 fully saturated rings. The maximum Gasteiger partial charge on any atom is 0.124 e. The van der Waals surface area contributed by atoms with E-state index in [-0.39, 0.29) is 0 Å². The van der Waals surface area contributed by atoms with Crippen LogP contribution in [0.2, 0.25) is 0 Å². The highest BCUT2D eigenvalue weighted by atomic mass is 15.1. The first-order valence-corrected chi connectivity index (χ1v) is 4.79. The Balaban J connectivity index is 2.62. The average molecular weight is 184 g/mol. The first-order chi connectivity index (χ1) is 6.77. The van der Waals surface area contributed by atoms with Crippen molar-refractivity contribution < 1.29 is 0 Å². The zero-order chi connectivity index (χ0) is 9.71. The first-order valence-electron chi connectivity index (χ1n) is 4.79. The van der Waals surface area contributed by atoms with Crippen molar-refractivity contribution in [1.82, 2.24) is 8.97 Å². The summed E-state index contributed by atoms with van der Waals surface area (Å²) in [6.07, 6.45) is 4.34. The van der Waals surface area contributed by atoms with Crippen molar-refractivity contribution in [3.05, 3.63) is 42.4 Å². The molecule has 0 aliphatic rings.